The van der Waals surface area contributed by atoms with Gasteiger partial charge in [0.2, 0.25) is 5.91 Å². The molecular formula is C30H35NO3S. The number of phenolic OH excluding ortho intramolecular Hbond substituents is 1. The molecule has 0 unspecified atom stereocenters. The molecule has 2 heterocycles. The molecule has 1 saturated heterocycles. The zero-order valence-electron chi connectivity index (χ0n) is 20.4. The van der Waals surface area contributed by atoms with Crippen molar-refractivity contribution in [1.82, 2.24) is 4.90 Å². The van der Waals surface area contributed by atoms with Crippen LogP contribution in [0.4, 0.5) is 0 Å². The van der Waals surface area contributed by atoms with Gasteiger partial charge in [-0.1, -0.05) is 49.9 Å². The zero-order chi connectivity index (χ0) is 24.2. The van der Waals surface area contributed by atoms with Crippen LogP contribution in [0.3, 0.4) is 0 Å². The van der Waals surface area contributed by atoms with Crippen LogP contribution in [0, 0.1) is 0 Å². The summed E-state index contributed by atoms with van der Waals surface area (Å²) < 4.78 is 0.987. The fourth-order valence-corrected chi connectivity index (χ4v) is 7.09. The number of nitrogens with zero attached hydrogens (tertiary/aromatic N) is 1. The Morgan fingerprint density at radius 1 is 0.886 bits per heavy atom. The third-order valence-electron chi connectivity index (χ3n) is 7.71. The normalized spacial score (nSPS) is 17.4. The fourth-order valence-electron chi connectivity index (χ4n) is 5.69. The predicted octanol–water partition coefficient (Wildman–Crippen LogP) is 7.22. The van der Waals surface area contributed by atoms with Crippen molar-refractivity contribution in [1.29, 1.82) is 0 Å². The van der Waals surface area contributed by atoms with Gasteiger partial charge in [0.05, 0.1) is 0 Å². The first kappa shape index (κ1) is 24.1. The number of thiophene rings is 1. The van der Waals surface area contributed by atoms with Crippen molar-refractivity contribution in [3.8, 4) is 5.75 Å². The Morgan fingerprint density at radius 3 is 2.29 bits per heavy atom. The monoisotopic (exact) mass is 489 g/mol. The SMILES string of the molecule is O=C(c1ccc(CCC(=O)N2CCCCC2)cc1)c1c(C2CCCCCC2)sc2cc(O)ccc12. The number of piperidine rings is 1. The number of rotatable bonds is 6. The van der Waals surface area contributed by atoms with E-state index >= 15 is 0 Å². The molecule has 184 valence electrons. The molecule has 1 saturated carbocycles. The number of hydrogen-bond acceptors (Lipinski definition) is 4. The maximum atomic E-state index is 13.8. The lowest BCUT2D eigenvalue weighted by atomic mass is 9.91. The summed E-state index contributed by atoms with van der Waals surface area (Å²) in [6.45, 7) is 1.78. The summed E-state index contributed by atoms with van der Waals surface area (Å²) in [5.74, 6) is 0.965. The number of aromatic hydroxyl groups is 1. The van der Waals surface area contributed by atoms with Gasteiger partial charge in [0, 0.05) is 45.6 Å². The van der Waals surface area contributed by atoms with E-state index in [9.17, 15) is 14.7 Å². The van der Waals surface area contributed by atoms with E-state index in [2.05, 4.69) is 0 Å². The second-order valence-electron chi connectivity index (χ2n) is 10.2. The highest BCUT2D eigenvalue weighted by atomic mass is 32.1. The molecular weight excluding hydrogens is 454 g/mol. The van der Waals surface area contributed by atoms with Crippen LogP contribution in [0.25, 0.3) is 10.1 Å². The summed E-state index contributed by atoms with van der Waals surface area (Å²) in [6.07, 6.45) is 11.9. The van der Waals surface area contributed by atoms with Gasteiger partial charge in [0.1, 0.15) is 5.75 Å². The number of hydrogen-bond donors (Lipinski definition) is 1. The molecule has 0 atom stereocenters. The quantitative estimate of drug-likeness (QED) is 0.294. The molecule has 0 spiro atoms. The number of aryl methyl sites for hydroxylation is 1. The van der Waals surface area contributed by atoms with Gasteiger partial charge in [-0.2, -0.15) is 0 Å². The number of likely N-dealkylation sites (tertiary alicyclic amines) is 1. The van der Waals surface area contributed by atoms with Gasteiger partial charge in [-0.15, -0.1) is 11.3 Å². The highest BCUT2D eigenvalue weighted by Crippen LogP contribution is 2.43. The van der Waals surface area contributed by atoms with Gasteiger partial charge in [0.25, 0.3) is 0 Å². The van der Waals surface area contributed by atoms with E-state index in [0.717, 1.165) is 60.0 Å². The van der Waals surface area contributed by atoms with E-state index in [1.807, 2.05) is 35.2 Å². The highest BCUT2D eigenvalue weighted by Gasteiger charge is 2.26. The molecule has 1 aliphatic carbocycles. The summed E-state index contributed by atoms with van der Waals surface area (Å²) in [7, 11) is 0. The summed E-state index contributed by atoms with van der Waals surface area (Å²) in [5, 5.41) is 11.0. The lowest BCUT2D eigenvalue weighted by molar-refractivity contribution is -0.132. The van der Waals surface area contributed by atoms with E-state index in [-0.39, 0.29) is 17.4 Å². The minimum absolute atomic E-state index is 0.0668. The maximum Gasteiger partial charge on any atom is 0.222 e. The summed E-state index contributed by atoms with van der Waals surface area (Å²) in [4.78, 5) is 29.5. The van der Waals surface area contributed by atoms with E-state index in [4.69, 9.17) is 0 Å². The minimum atomic E-state index is 0.0668. The summed E-state index contributed by atoms with van der Waals surface area (Å²) in [6, 6.07) is 13.2. The van der Waals surface area contributed by atoms with Crippen molar-refractivity contribution < 1.29 is 14.7 Å². The molecule has 35 heavy (non-hydrogen) atoms. The van der Waals surface area contributed by atoms with Gasteiger partial charge in [-0.25, -0.2) is 0 Å². The second kappa shape index (κ2) is 10.9. The first-order chi connectivity index (χ1) is 17.1. The lowest BCUT2D eigenvalue weighted by Crippen LogP contribution is -2.35. The number of benzene rings is 2. The number of carbonyl (C=O) groups is 2. The van der Waals surface area contributed by atoms with E-state index in [1.165, 1.54) is 37.0 Å². The second-order valence-corrected chi connectivity index (χ2v) is 11.3. The van der Waals surface area contributed by atoms with Crippen LogP contribution in [-0.2, 0) is 11.2 Å². The van der Waals surface area contributed by atoms with Crippen LogP contribution in [0.2, 0.25) is 0 Å². The number of fused-ring (bicyclic) bond motifs is 1. The topological polar surface area (TPSA) is 57.6 Å². The molecule has 0 radical (unpaired) electrons. The van der Waals surface area contributed by atoms with Crippen molar-refractivity contribution in [3.05, 3.63) is 64.0 Å². The Morgan fingerprint density at radius 2 is 1.57 bits per heavy atom. The standard InChI is InChI=1S/C30H35NO3S/c32-24-15-16-25-26(20-24)35-30(23-8-4-1-2-5-9-23)28(25)29(34)22-13-10-21(11-14-22)12-17-27(33)31-18-6-3-7-19-31/h10-11,13-16,20,23,32H,1-9,12,17-19H2. The molecule has 1 amide bonds. The molecule has 1 aromatic heterocycles. The van der Waals surface area contributed by atoms with Crippen LogP contribution in [0.5, 0.6) is 5.75 Å². The Bertz CT molecular complexity index is 1180. The number of phenols is 1. The van der Waals surface area contributed by atoms with Crippen molar-refractivity contribution in [2.45, 2.75) is 76.5 Å². The van der Waals surface area contributed by atoms with Crippen LogP contribution in [0.15, 0.2) is 42.5 Å². The summed E-state index contributed by atoms with van der Waals surface area (Å²) >= 11 is 1.68. The van der Waals surface area contributed by atoms with Gasteiger partial charge in [0.15, 0.2) is 5.78 Å². The van der Waals surface area contributed by atoms with Crippen LogP contribution < -0.4 is 0 Å². The molecule has 2 aliphatic rings. The lowest BCUT2D eigenvalue weighted by Gasteiger charge is -2.26. The molecule has 1 N–H and O–H groups in total. The largest absolute Gasteiger partial charge is 0.508 e. The number of ketones is 1. The average molecular weight is 490 g/mol. The van der Waals surface area contributed by atoms with E-state index in [0.29, 0.717) is 24.3 Å². The van der Waals surface area contributed by atoms with Gasteiger partial charge < -0.3 is 10.0 Å². The van der Waals surface area contributed by atoms with E-state index in [1.54, 1.807) is 23.5 Å². The molecule has 3 aromatic rings. The van der Waals surface area contributed by atoms with Crippen molar-refractivity contribution >= 4 is 33.1 Å². The minimum Gasteiger partial charge on any atom is -0.508 e. The molecule has 4 nitrogen and oxygen atoms in total. The Kier molecular flexibility index (Phi) is 7.52. The predicted molar refractivity (Wildman–Crippen MR) is 143 cm³/mol. The fraction of sp³-hybridized carbons (Fsp3) is 0.467. The third-order valence-corrected chi connectivity index (χ3v) is 9.02. The molecule has 0 bridgehead atoms. The highest BCUT2D eigenvalue weighted by molar-refractivity contribution is 7.19. The third kappa shape index (κ3) is 5.45. The van der Waals surface area contributed by atoms with Crippen LogP contribution in [0.1, 0.15) is 96.5 Å². The number of carbonyl (C=O) groups excluding carboxylic acids is 2. The van der Waals surface area contributed by atoms with E-state index < -0.39 is 0 Å². The van der Waals surface area contributed by atoms with Crippen molar-refractivity contribution in [2.24, 2.45) is 0 Å². The Balaban J connectivity index is 1.36. The smallest absolute Gasteiger partial charge is 0.222 e. The zero-order valence-corrected chi connectivity index (χ0v) is 21.2. The Hall–Kier alpha value is -2.66. The maximum absolute atomic E-state index is 13.8. The molecule has 2 aromatic carbocycles. The Labute approximate surface area is 212 Å². The van der Waals surface area contributed by atoms with Crippen LogP contribution >= 0.6 is 11.3 Å². The van der Waals surface area contributed by atoms with Crippen LogP contribution in [-0.4, -0.2) is 34.8 Å². The van der Waals surface area contributed by atoms with Gasteiger partial charge >= 0.3 is 0 Å². The van der Waals surface area contributed by atoms with Crippen molar-refractivity contribution in [2.75, 3.05) is 13.1 Å². The first-order valence-electron chi connectivity index (χ1n) is 13.3. The molecule has 5 heteroatoms. The summed E-state index contributed by atoms with van der Waals surface area (Å²) in [5.41, 5.74) is 2.61. The molecule has 1 aliphatic heterocycles. The van der Waals surface area contributed by atoms with Gasteiger partial charge in [-0.3, -0.25) is 9.59 Å². The first-order valence-corrected chi connectivity index (χ1v) is 14.1. The molecule has 2 fully saturated rings. The average Bonchev–Trinajstić information content (AvgIpc) is 3.05. The molecule has 5 rings (SSSR count). The van der Waals surface area contributed by atoms with Crippen molar-refractivity contribution in [3.63, 3.8) is 0 Å². The number of amides is 1. The van der Waals surface area contributed by atoms with Gasteiger partial charge in [-0.05, 0) is 68.2 Å².